The molecule has 1 fully saturated rings. The van der Waals surface area contributed by atoms with E-state index < -0.39 is 138 Å². The van der Waals surface area contributed by atoms with Gasteiger partial charge in [0.25, 0.3) is 5.91 Å². The first-order valence-electron chi connectivity index (χ1n) is 31.4. The second-order valence-corrected chi connectivity index (χ2v) is 23.0. The summed E-state index contributed by atoms with van der Waals surface area (Å²) in [5, 5.41) is 52.3. The minimum Gasteiger partial charge on any atom is -0.452 e. The molecule has 0 radical (unpaired) electrons. The van der Waals surface area contributed by atoms with Gasteiger partial charge in [0.15, 0.2) is 6.10 Å². The van der Waals surface area contributed by atoms with Crippen molar-refractivity contribution in [2.75, 3.05) is 58.9 Å². The van der Waals surface area contributed by atoms with E-state index in [-0.39, 0.29) is 129 Å². The number of rotatable bonds is 33. The van der Waals surface area contributed by atoms with Crippen LogP contribution < -0.4 is 92.9 Å². The van der Waals surface area contributed by atoms with Gasteiger partial charge < -0.3 is 108 Å². The van der Waals surface area contributed by atoms with Gasteiger partial charge >= 0.3 is 5.97 Å². The smallest absolute Gasteiger partial charge is 0.306 e. The summed E-state index contributed by atoms with van der Waals surface area (Å²) in [5.74, 6) is -7.72. The highest BCUT2D eigenvalue weighted by Gasteiger charge is 2.36. The maximum atomic E-state index is 14.5. The highest BCUT2D eigenvalue weighted by atomic mass is 16.5. The average molecular weight is 1260 g/mol. The summed E-state index contributed by atoms with van der Waals surface area (Å²) >= 11 is 0. The van der Waals surface area contributed by atoms with Gasteiger partial charge in [0.2, 0.25) is 47.3 Å². The third-order valence-electron chi connectivity index (χ3n) is 14.8. The molecular formula is C59H107N17O13. The fourth-order valence-electron chi connectivity index (χ4n) is 9.82. The lowest BCUT2D eigenvalue weighted by molar-refractivity contribution is -0.156. The van der Waals surface area contributed by atoms with Gasteiger partial charge in [0, 0.05) is 51.0 Å². The maximum absolute atomic E-state index is 14.5. The number of hydrogen-bond acceptors (Lipinski definition) is 21. The Balaban J connectivity index is 2.58. The van der Waals surface area contributed by atoms with Crippen molar-refractivity contribution >= 4 is 59.1 Å². The summed E-state index contributed by atoms with van der Waals surface area (Å²) in [6, 6.07) is -3.37. The summed E-state index contributed by atoms with van der Waals surface area (Å²) < 4.78 is 5.45. The molecule has 1 aliphatic rings. The van der Waals surface area contributed by atoms with E-state index in [1.807, 2.05) is 13.8 Å². The summed E-state index contributed by atoms with van der Waals surface area (Å²) in [5.41, 5.74) is 36.1. The molecule has 9 amide bonds. The van der Waals surface area contributed by atoms with Gasteiger partial charge in [0.1, 0.15) is 42.3 Å². The number of amides is 9. The van der Waals surface area contributed by atoms with Crippen LogP contribution in [0, 0.1) is 5.92 Å². The van der Waals surface area contributed by atoms with Gasteiger partial charge in [-0.05, 0) is 116 Å². The molecule has 0 aromatic heterocycles. The highest BCUT2D eigenvalue weighted by molar-refractivity contribution is 5.96. The summed E-state index contributed by atoms with van der Waals surface area (Å²) in [7, 11) is 0. The van der Waals surface area contributed by atoms with Crippen molar-refractivity contribution in [3.05, 3.63) is 35.9 Å². The van der Waals surface area contributed by atoms with E-state index >= 15 is 0 Å². The first kappa shape index (κ1) is 78.6. The van der Waals surface area contributed by atoms with Crippen LogP contribution in [0.2, 0.25) is 0 Å². The van der Waals surface area contributed by atoms with E-state index in [0.717, 1.165) is 25.7 Å². The number of aliphatic hydroxyl groups is 2. The quantitative estimate of drug-likeness (QED) is 0.0231. The lowest BCUT2D eigenvalue weighted by atomic mass is 10.00. The normalized spacial score (nSPS) is 22.4. The average Bonchev–Trinajstić information content (AvgIpc) is 2.79. The van der Waals surface area contributed by atoms with E-state index in [2.05, 4.69) is 65.4 Å². The van der Waals surface area contributed by atoms with Crippen molar-refractivity contribution in [1.82, 2.24) is 58.5 Å². The molecule has 25 N–H and O–H groups in total. The molecule has 2 rings (SSSR count). The Bertz CT molecular complexity index is 2320. The standard InChI is InChI=1S/C59H107N17O13/c1-6-7-8-9-13-16-48(79)89-47(22-29-65)57(86)72-44(21-28-64)54(83)76-50(37(5)78)59(88)73-43(20-27-63)53(82)70-40-23-30-66-58(87)49(36(4)77)68-34-39(17-24-60)69-52(81)42(19-26-62)71-55(84)45(31-35(2)3)74-56(85)46(32-38-14-11-10-12-15-38)75-51(80)41(18-25-61)67-33-40/h10-12,14-15,35-37,39-47,49-50,67-68,77-78H,6-9,13,16-34,60-65H2,1-5H3,(H,66,87)(H,69,81)(H,70,82)(H,71,84)(H,72,86)(H,73,88)(H,74,85)(H,75,80)(H,76,83)/t36?,37?,39-,40-,41-,42-,43-,44-,45-,46+,47-,49-,50-/m0/s1. The van der Waals surface area contributed by atoms with Crippen LogP contribution in [0.4, 0.5) is 0 Å². The topological polar surface area (TPSA) is 509 Å². The minimum absolute atomic E-state index is 0.00483. The molecule has 506 valence electrons. The van der Waals surface area contributed by atoms with Gasteiger partial charge in [-0.3, -0.25) is 47.9 Å². The minimum atomic E-state index is -1.72. The molecule has 1 aromatic rings. The van der Waals surface area contributed by atoms with Crippen molar-refractivity contribution in [3.63, 3.8) is 0 Å². The Morgan fingerprint density at radius 2 is 1.16 bits per heavy atom. The SMILES string of the molecule is CCCCCCCC(=O)O[C@@H](CCN)C(=O)N[C@@H](CCN)C(=O)N[C@H](C(=O)N[C@@H](CCN)C(=O)N[C@H]1CCNC(=O)[C@H](C(C)O)NC[C@H](CCN)NC(=O)[C@H](CCN)NC(=O)[C@H](CC(C)C)NC(=O)[C@@H](Cc2ccccc2)NC(=O)[C@H](CCN)NC1)C(C)O. The molecule has 0 saturated carbocycles. The number of aliphatic hydroxyl groups excluding tert-OH is 2. The number of unbranched alkanes of at least 4 members (excludes halogenated alkanes) is 4. The van der Waals surface area contributed by atoms with Crippen molar-refractivity contribution in [1.29, 1.82) is 0 Å². The zero-order chi connectivity index (χ0) is 66.4. The van der Waals surface area contributed by atoms with E-state index in [1.54, 1.807) is 30.3 Å². The van der Waals surface area contributed by atoms with Gasteiger partial charge in [0.05, 0.1) is 18.2 Å². The van der Waals surface area contributed by atoms with E-state index in [1.165, 1.54) is 13.8 Å². The molecule has 2 unspecified atom stereocenters. The molecule has 0 aliphatic carbocycles. The Morgan fingerprint density at radius 3 is 1.75 bits per heavy atom. The maximum Gasteiger partial charge on any atom is 0.306 e. The molecule has 30 nitrogen and oxygen atoms in total. The van der Waals surface area contributed by atoms with E-state index in [4.69, 9.17) is 39.1 Å². The van der Waals surface area contributed by atoms with E-state index in [0.29, 0.717) is 12.0 Å². The molecule has 1 heterocycles. The first-order chi connectivity index (χ1) is 42.5. The second kappa shape index (κ2) is 44.1. The van der Waals surface area contributed by atoms with Crippen molar-refractivity contribution in [2.45, 2.75) is 210 Å². The fourth-order valence-corrected chi connectivity index (χ4v) is 9.82. The van der Waals surface area contributed by atoms with Crippen LogP contribution in [0.3, 0.4) is 0 Å². The van der Waals surface area contributed by atoms with Crippen LogP contribution in [-0.4, -0.2) is 207 Å². The molecule has 1 aliphatic heterocycles. The number of benzene rings is 1. The van der Waals surface area contributed by atoms with E-state index in [9.17, 15) is 58.2 Å². The molecular weight excluding hydrogens is 1150 g/mol. The zero-order valence-electron chi connectivity index (χ0n) is 52.8. The zero-order valence-corrected chi connectivity index (χ0v) is 52.8. The number of nitrogens with one attached hydrogen (secondary N) is 11. The van der Waals surface area contributed by atoms with Gasteiger partial charge in [-0.15, -0.1) is 0 Å². The Hall–Kier alpha value is -6.48. The molecule has 89 heavy (non-hydrogen) atoms. The Kier molecular flexibility index (Phi) is 38.9. The number of hydrogen-bond donors (Lipinski definition) is 19. The monoisotopic (exact) mass is 1260 g/mol. The predicted molar refractivity (Wildman–Crippen MR) is 335 cm³/mol. The van der Waals surface area contributed by atoms with Gasteiger partial charge in [-0.25, -0.2) is 0 Å². The number of carbonyl (C=O) groups is 10. The molecule has 1 saturated heterocycles. The molecule has 0 bridgehead atoms. The number of carbonyl (C=O) groups excluding carboxylic acids is 10. The number of ether oxygens (including phenoxy) is 1. The summed E-state index contributed by atoms with van der Waals surface area (Å²) in [6.07, 6.45) is 0.145. The summed E-state index contributed by atoms with van der Waals surface area (Å²) in [6.45, 7) is 7.71. The predicted octanol–water partition coefficient (Wildman–Crippen LogP) is -5.28. The lowest BCUT2D eigenvalue weighted by Gasteiger charge is -2.29. The second-order valence-electron chi connectivity index (χ2n) is 23.0. The van der Waals surface area contributed by atoms with Crippen LogP contribution in [0.5, 0.6) is 0 Å². The largest absolute Gasteiger partial charge is 0.452 e. The fraction of sp³-hybridized carbons (Fsp3) is 0.729. The highest BCUT2D eigenvalue weighted by Crippen LogP contribution is 2.13. The lowest BCUT2D eigenvalue weighted by Crippen LogP contribution is -2.61. The van der Waals surface area contributed by atoms with Gasteiger partial charge in [-0.1, -0.05) is 76.8 Å². The van der Waals surface area contributed by atoms with Crippen LogP contribution in [0.15, 0.2) is 30.3 Å². The van der Waals surface area contributed by atoms with Crippen LogP contribution >= 0.6 is 0 Å². The Morgan fingerprint density at radius 1 is 0.596 bits per heavy atom. The van der Waals surface area contributed by atoms with Crippen molar-refractivity contribution < 1.29 is 62.9 Å². The number of esters is 1. The molecule has 0 spiro atoms. The van der Waals surface area contributed by atoms with Gasteiger partial charge in [-0.2, -0.15) is 0 Å². The molecule has 13 atom stereocenters. The first-order valence-corrected chi connectivity index (χ1v) is 31.4. The third-order valence-corrected chi connectivity index (χ3v) is 14.8. The summed E-state index contributed by atoms with van der Waals surface area (Å²) in [4.78, 5) is 139. The molecule has 1 aromatic carbocycles. The Labute approximate surface area is 523 Å². The third kappa shape index (κ3) is 30.3. The number of nitrogens with two attached hydrogens (primary N) is 6. The van der Waals surface area contributed by atoms with Crippen molar-refractivity contribution in [3.8, 4) is 0 Å². The van der Waals surface area contributed by atoms with Crippen LogP contribution in [-0.2, 0) is 59.1 Å². The van der Waals surface area contributed by atoms with Crippen molar-refractivity contribution in [2.24, 2.45) is 40.3 Å². The van der Waals surface area contributed by atoms with Crippen LogP contribution in [0.1, 0.15) is 130 Å². The van der Waals surface area contributed by atoms with Crippen LogP contribution in [0.25, 0.3) is 0 Å². The molecule has 30 heteroatoms.